The number of sulfonamides is 1. The summed E-state index contributed by atoms with van der Waals surface area (Å²) in [4.78, 5) is 14.7. The van der Waals surface area contributed by atoms with Crippen molar-refractivity contribution in [3.8, 4) is 5.75 Å². The molecule has 8 heteroatoms. The summed E-state index contributed by atoms with van der Waals surface area (Å²) in [5.74, 6) is 0.661. The maximum Gasteiger partial charge on any atom is 0.243 e. The van der Waals surface area contributed by atoms with E-state index in [-0.39, 0.29) is 10.8 Å². The quantitative estimate of drug-likeness (QED) is 0.606. The average molecular weight is 428 g/mol. The van der Waals surface area contributed by atoms with Crippen LogP contribution in [0.1, 0.15) is 6.42 Å². The van der Waals surface area contributed by atoms with Gasteiger partial charge < -0.3 is 14.2 Å². The first-order valence-corrected chi connectivity index (χ1v) is 11.4. The summed E-state index contributed by atoms with van der Waals surface area (Å²) < 4.78 is 34.3. The number of piperazine rings is 1. The molecule has 0 bridgehead atoms. The lowest BCUT2D eigenvalue weighted by Gasteiger charge is -2.34. The fraction of sp³-hybridized carbons (Fsp3) is 0.318. The van der Waals surface area contributed by atoms with Gasteiger partial charge in [-0.3, -0.25) is 4.79 Å². The van der Waals surface area contributed by atoms with Gasteiger partial charge in [-0.15, -0.1) is 0 Å². The number of aryl methyl sites for hydroxylation is 1. The molecule has 4 rings (SSSR count). The minimum Gasteiger partial charge on any atom is -0.497 e. The molecule has 1 fully saturated rings. The van der Waals surface area contributed by atoms with Crippen molar-refractivity contribution < 1.29 is 17.9 Å². The van der Waals surface area contributed by atoms with E-state index in [4.69, 9.17) is 4.74 Å². The molecule has 1 aliphatic rings. The molecular weight excluding hydrogens is 402 g/mol. The van der Waals surface area contributed by atoms with Gasteiger partial charge in [0.2, 0.25) is 15.9 Å². The molecule has 0 unspecified atom stereocenters. The predicted molar refractivity (Wildman–Crippen MR) is 115 cm³/mol. The Morgan fingerprint density at radius 3 is 2.37 bits per heavy atom. The van der Waals surface area contributed by atoms with Gasteiger partial charge in [0.15, 0.2) is 0 Å². The molecule has 1 saturated heterocycles. The van der Waals surface area contributed by atoms with Crippen LogP contribution in [-0.4, -0.2) is 61.4 Å². The van der Waals surface area contributed by atoms with E-state index in [1.807, 2.05) is 30.5 Å². The fourth-order valence-electron chi connectivity index (χ4n) is 3.78. The van der Waals surface area contributed by atoms with Gasteiger partial charge in [-0.25, -0.2) is 8.42 Å². The Bertz CT molecular complexity index is 1130. The molecule has 0 spiro atoms. The van der Waals surface area contributed by atoms with Crippen LogP contribution in [0.3, 0.4) is 0 Å². The second-order valence-electron chi connectivity index (χ2n) is 7.28. The maximum absolute atomic E-state index is 12.8. The Kier molecular flexibility index (Phi) is 5.78. The van der Waals surface area contributed by atoms with Crippen LogP contribution in [0.4, 0.5) is 0 Å². The molecule has 30 heavy (non-hydrogen) atoms. The second-order valence-corrected chi connectivity index (χ2v) is 9.22. The highest BCUT2D eigenvalue weighted by molar-refractivity contribution is 7.89. The number of para-hydroxylation sites is 1. The minimum absolute atomic E-state index is 0.0503. The van der Waals surface area contributed by atoms with E-state index in [1.54, 1.807) is 36.3 Å². The lowest BCUT2D eigenvalue weighted by atomic mass is 10.2. The van der Waals surface area contributed by atoms with Crippen molar-refractivity contribution in [2.45, 2.75) is 17.9 Å². The number of ether oxygens (including phenoxy) is 1. The number of hydrogen-bond donors (Lipinski definition) is 0. The molecule has 0 aliphatic carbocycles. The van der Waals surface area contributed by atoms with Crippen LogP contribution < -0.4 is 4.74 Å². The van der Waals surface area contributed by atoms with Crippen molar-refractivity contribution in [3.05, 3.63) is 60.8 Å². The van der Waals surface area contributed by atoms with E-state index < -0.39 is 10.0 Å². The van der Waals surface area contributed by atoms with E-state index in [1.165, 1.54) is 4.31 Å². The first-order chi connectivity index (χ1) is 14.5. The van der Waals surface area contributed by atoms with Crippen LogP contribution in [-0.2, 0) is 21.4 Å². The van der Waals surface area contributed by atoms with Crippen molar-refractivity contribution >= 4 is 26.8 Å². The molecule has 1 aromatic heterocycles. The van der Waals surface area contributed by atoms with Crippen molar-refractivity contribution in [1.29, 1.82) is 0 Å². The predicted octanol–water partition coefficient (Wildman–Crippen LogP) is 2.57. The first-order valence-electron chi connectivity index (χ1n) is 9.95. The highest BCUT2D eigenvalue weighted by Gasteiger charge is 2.30. The van der Waals surface area contributed by atoms with E-state index in [0.29, 0.717) is 44.9 Å². The van der Waals surface area contributed by atoms with E-state index in [9.17, 15) is 13.2 Å². The SMILES string of the molecule is COc1ccc(S(=O)(=O)N2CCN(C(=O)CCn3ccc4ccccc43)CC2)cc1. The van der Waals surface area contributed by atoms with E-state index in [2.05, 4.69) is 10.6 Å². The second kappa shape index (κ2) is 8.49. The molecule has 0 atom stereocenters. The highest BCUT2D eigenvalue weighted by atomic mass is 32.2. The Balaban J connectivity index is 1.33. The van der Waals surface area contributed by atoms with Crippen LogP contribution in [0.5, 0.6) is 5.75 Å². The zero-order valence-corrected chi connectivity index (χ0v) is 17.7. The molecule has 3 aromatic rings. The first kappa shape index (κ1) is 20.4. The Morgan fingerprint density at radius 2 is 1.67 bits per heavy atom. The summed E-state index contributed by atoms with van der Waals surface area (Å²) in [5, 5.41) is 1.15. The Labute approximate surface area is 176 Å². The molecule has 2 heterocycles. The summed E-state index contributed by atoms with van der Waals surface area (Å²) >= 11 is 0. The number of amides is 1. The van der Waals surface area contributed by atoms with Gasteiger partial charge in [0.1, 0.15) is 5.75 Å². The van der Waals surface area contributed by atoms with Gasteiger partial charge in [-0.2, -0.15) is 4.31 Å². The Hall–Kier alpha value is -2.84. The number of fused-ring (bicyclic) bond motifs is 1. The lowest BCUT2D eigenvalue weighted by Crippen LogP contribution is -2.50. The molecule has 0 saturated carbocycles. The van der Waals surface area contributed by atoms with Crippen LogP contribution >= 0.6 is 0 Å². The number of aromatic nitrogens is 1. The summed E-state index contributed by atoms with van der Waals surface area (Å²) in [7, 11) is -2.03. The number of benzene rings is 2. The molecule has 1 amide bonds. The standard InChI is InChI=1S/C22H25N3O4S/c1-29-19-6-8-20(9-7-19)30(27,28)25-16-14-24(15-17-25)22(26)11-13-23-12-10-18-4-2-3-5-21(18)23/h2-10,12H,11,13-17H2,1H3. The number of carbonyl (C=O) groups is 1. The minimum atomic E-state index is -3.57. The van der Waals surface area contributed by atoms with Crippen LogP contribution in [0, 0.1) is 0 Å². The maximum atomic E-state index is 12.8. The Morgan fingerprint density at radius 1 is 0.967 bits per heavy atom. The van der Waals surface area contributed by atoms with Gasteiger partial charge in [-0.1, -0.05) is 18.2 Å². The third-order valence-electron chi connectivity index (χ3n) is 5.54. The van der Waals surface area contributed by atoms with E-state index >= 15 is 0 Å². The largest absolute Gasteiger partial charge is 0.497 e. The molecule has 0 radical (unpaired) electrons. The lowest BCUT2D eigenvalue weighted by molar-refractivity contribution is -0.132. The summed E-state index contributed by atoms with van der Waals surface area (Å²) in [6.07, 6.45) is 2.39. The summed E-state index contributed by atoms with van der Waals surface area (Å²) in [5.41, 5.74) is 1.11. The van der Waals surface area contributed by atoms with Gasteiger partial charge in [0.25, 0.3) is 0 Å². The normalized spacial score (nSPS) is 15.4. The molecular formula is C22H25N3O4S. The smallest absolute Gasteiger partial charge is 0.243 e. The summed E-state index contributed by atoms with van der Waals surface area (Å²) in [6.45, 7) is 2.01. The highest BCUT2D eigenvalue weighted by Crippen LogP contribution is 2.21. The van der Waals surface area contributed by atoms with Gasteiger partial charge in [0, 0.05) is 50.9 Å². The number of nitrogens with zero attached hydrogens (tertiary/aromatic N) is 3. The van der Waals surface area contributed by atoms with Crippen molar-refractivity contribution in [3.63, 3.8) is 0 Å². The van der Waals surface area contributed by atoms with Crippen molar-refractivity contribution in [2.24, 2.45) is 0 Å². The molecule has 158 valence electrons. The monoisotopic (exact) mass is 427 g/mol. The number of methoxy groups -OCH3 is 1. The van der Waals surface area contributed by atoms with Crippen LogP contribution in [0.15, 0.2) is 65.7 Å². The van der Waals surface area contributed by atoms with Gasteiger partial charge in [0.05, 0.1) is 12.0 Å². The zero-order chi connectivity index (χ0) is 21.1. The number of carbonyl (C=O) groups excluding carboxylic acids is 1. The van der Waals surface area contributed by atoms with Gasteiger partial charge in [-0.05, 0) is 41.8 Å². The molecule has 1 aliphatic heterocycles. The van der Waals surface area contributed by atoms with Crippen LogP contribution in [0.2, 0.25) is 0 Å². The third-order valence-corrected chi connectivity index (χ3v) is 7.45. The van der Waals surface area contributed by atoms with Crippen molar-refractivity contribution in [2.75, 3.05) is 33.3 Å². The fourth-order valence-corrected chi connectivity index (χ4v) is 5.21. The average Bonchev–Trinajstić information content (AvgIpc) is 3.20. The van der Waals surface area contributed by atoms with Crippen molar-refractivity contribution in [1.82, 2.24) is 13.8 Å². The van der Waals surface area contributed by atoms with Crippen LogP contribution in [0.25, 0.3) is 10.9 Å². The van der Waals surface area contributed by atoms with Gasteiger partial charge >= 0.3 is 0 Å². The number of rotatable bonds is 6. The topological polar surface area (TPSA) is 71.9 Å². The number of hydrogen-bond acceptors (Lipinski definition) is 4. The molecule has 2 aromatic carbocycles. The molecule has 7 nitrogen and oxygen atoms in total. The molecule has 0 N–H and O–H groups in total. The van der Waals surface area contributed by atoms with E-state index in [0.717, 1.165) is 10.9 Å². The third kappa shape index (κ3) is 4.06. The zero-order valence-electron chi connectivity index (χ0n) is 16.9. The summed E-state index contributed by atoms with van der Waals surface area (Å²) in [6, 6.07) is 16.5.